The summed E-state index contributed by atoms with van der Waals surface area (Å²) in [6.07, 6.45) is 3.35. The van der Waals surface area contributed by atoms with Gasteiger partial charge in [0.15, 0.2) is 5.65 Å². The molecule has 8 heteroatoms. The quantitative estimate of drug-likeness (QED) is 0.525. The van der Waals surface area contributed by atoms with E-state index in [4.69, 9.17) is 20.2 Å². The van der Waals surface area contributed by atoms with Crippen LogP contribution in [0.25, 0.3) is 17.0 Å². The van der Waals surface area contributed by atoms with Crippen molar-refractivity contribution in [2.75, 3.05) is 19.5 Å². The smallest absolute Gasteiger partial charge is 0.256 e. The molecule has 0 radical (unpaired) electrons. The topological polar surface area (TPSA) is 104 Å². The van der Waals surface area contributed by atoms with Gasteiger partial charge in [-0.3, -0.25) is 9.20 Å². The molecule has 29 heavy (non-hydrogen) atoms. The van der Waals surface area contributed by atoms with Crippen LogP contribution in [0.5, 0.6) is 11.5 Å². The number of imidazole rings is 1. The molecule has 0 aliphatic heterocycles. The van der Waals surface area contributed by atoms with Crippen LogP contribution in [0, 0.1) is 0 Å². The number of rotatable bonds is 6. The van der Waals surface area contributed by atoms with E-state index < -0.39 is 5.91 Å². The second kappa shape index (κ2) is 7.51. The van der Waals surface area contributed by atoms with Crippen LogP contribution in [0.3, 0.4) is 0 Å². The van der Waals surface area contributed by atoms with Gasteiger partial charge in [0.2, 0.25) is 0 Å². The maximum Gasteiger partial charge on any atom is 0.256 e. The van der Waals surface area contributed by atoms with Crippen LogP contribution in [0.15, 0.2) is 60.9 Å². The molecule has 2 aromatic heterocycles. The zero-order valence-corrected chi connectivity index (χ0v) is 15.9. The Morgan fingerprint density at radius 1 is 1.07 bits per heavy atom. The van der Waals surface area contributed by atoms with Gasteiger partial charge in [-0.05, 0) is 0 Å². The molecule has 0 saturated carbocycles. The Morgan fingerprint density at radius 3 is 2.38 bits per heavy atom. The number of ether oxygens (including phenoxy) is 2. The fraction of sp³-hybridized carbons (Fsp3) is 0.0952. The van der Waals surface area contributed by atoms with Gasteiger partial charge in [-0.2, -0.15) is 0 Å². The molecule has 0 aliphatic carbocycles. The number of carbonyl (C=O) groups is 1. The molecular formula is C21H19N5O3. The highest BCUT2D eigenvalue weighted by Crippen LogP contribution is 2.31. The van der Waals surface area contributed by atoms with Crippen molar-refractivity contribution in [3.8, 4) is 22.9 Å². The number of methoxy groups -OCH3 is 2. The average molecular weight is 389 g/mol. The van der Waals surface area contributed by atoms with E-state index in [1.54, 1.807) is 49.2 Å². The summed E-state index contributed by atoms with van der Waals surface area (Å²) in [5.41, 5.74) is 7.79. The van der Waals surface area contributed by atoms with E-state index >= 15 is 0 Å². The highest BCUT2D eigenvalue weighted by molar-refractivity contribution is 6.04. The minimum atomic E-state index is -0.634. The third-order valence-corrected chi connectivity index (χ3v) is 4.44. The molecule has 0 fully saturated rings. The zero-order chi connectivity index (χ0) is 20.4. The van der Waals surface area contributed by atoms with Crippen molar-refractivity contribution in [1.82, 2.24) is 14.4 Å². The zero-order valence-electron chi connectivity index (χ0n) is 15.9. The van der Waals surface area contributed by atoms with E-state index in [9.17, 15) is 4.79 Å². The van der Waals surface area contributed by atoms with Gasteiger partial charge in [0.05, 0.1) is 14.2 Å². The Hall–Kier alpha value is -4.07. The summed E-state index contributed by atoms with van der Waals surface area (Å²) in [6.45, 7) is 0. The standard InChI is InChI=1S/C21H19N5O3/c1-28-15-10-14(11-16(12-15)29-2)24-19-17(18(22)27)21-23-8-9-26(21)20(25-19)13-6-4-3-5-7-13/h3-12,24H,1-2H3,(H2,22,27). The average Bonchev–Trinajstić information content (AvgIpc) is 3.22. The molecule has 0 unspecified atom stereocenters. The van der Waals surface area contributed by atoms with Crippen LogP contribution < -0.4 is 20.5 Å². The highest BCUT2D eigenvalue weighted by atomic mass is 16.5. The number of anilines is 2. The summed E-state index contributed by atoms with van der Waals surface area (Å²) in [6, 6.07) is 14.9. The normalized spacial score (nSPS) is 10.7. The minimum absolute atomic E-state index is 0.191. The number of carbonyl (C=O) groups excluding carboxylic acids is 1. The van der Waals surface area contributed by atoms with Crippen molar-refractivity contribution in [3.63, 3.8) is 0 Å². The van der Waals surface area contributed by atoms with Gasteiger partial charge in [0.25, 0.3) is 5.91 Å². The third-order valence-electron chi connectivity index (χ3n) is 4.44. The van der Waals surface area contributed by atoms with Crippen LogP contribution >= 0.6 is 0 Å². The third kappa shape index (κ3) is 3.43. The lowest BCUT2D eigenvalue weighted by Crippen LogP contribution is -2.17. The van der Waals surface area contributed by atoms with Gasteiger partial charge in [-0.15, -0.1) is 0 Å². The Morgan fingerprint density at radius 2 is 1.76 bits per heavy atom. The molecule has 0 spiro atoms. The maximum absolute atomic E-state index is 12.3. The van der Waals surface area contributed by atoms with E-state index in [1.807, 2.05) is 30.3 Å². The highest BCUT2D eigenvalue weighted by Gasteiger charge is 2.20. The van der Waals surface area contributed by atoms with Crippen molar-refractivity contribution >= 4 is 23.1 Å². The van der Waals surface area contributed by atoms with Gasteiger partial charge in [-0.1, -0.05) is 30.3 Å². The first-order valence-corrected chi connectivity index (χ1v) is 8.83. The predicted octanol–water partition coefficient (Wildman–Crippen LogP) is 3.26. The number of nitrogens with two attached hydrogens (primary N) is 1. The molecule has 3 N–H and O–H groups in total. The second-order valence-corrected chi connectivity index (χ2v) is 6.24. The minimum Gasteiger partial charge on any atom is -0.497 e. The predicted molar refractivity (Wildman–Crippen MR) is 110 cm³/mol. The Labute approximate surface area is 166 Å². The van der Waals surface area contributed by atoms with Crippen LogP contribution in [0.4, 0.5) is 11.5 Å². The van der Waals surface area contributed by atoms with Crippen LogP contribution in [0.2, 0.25) is 0 Å². The number of aromatic nitrogens is 3. The summed E-state index contributed by atoms with van der Waals surface area (Å²) in [5, 5.41) is 3.17. The van der Waals surface area contributed by atoms with Crippen molar-refractivity contribution in [1.29, 1.82) is 0 Å². The molecule has 0 bridgehead atoms. The van der Waals surface area contributed by atoms with Crippen molar-refractivity contribution in [3.05, 3.63) is 66.5 Å². The second-order valence-electron chi connectivity index (χ2n) is 6.24. The molecule has 1 amide bonds. The molecule has 0 aliphatic rings. The van der Waals surface area contributed by atoms with Crippen molar-refractivity contribution in [2.45, 2.75) is 0 Å². The summed E-state index contributed by atoms with van der Waals surface area (Å²) >= 11 is 0. The number of hydrogen-bond donors (Lipinski definition) is 2. The molecule has 0 saturated heterocycles. The Balaban J connectivity index is 1.92. The van der Waals surface area contributed by atoms with Crippen LogP contribution in [0.1, 0.15) is 10.4 Å². The van der Waals surface area contributed by atoms with Gasteiger partial charge < -0.3 is 20.5 Å². The molecule has 4 rings (SSSR count). The van der Waals surface area contributed by atoms with Crippen molar-refractivity contribution in [2.24, 2.45) is 5.73 Å². The van der Waals surface area contributed by atoms with Gasteiger partial charge >= 0.3 is 0 Å². The van der Waals surface area contributed by atoms with Gasteiger partial charge in [0.1, 0.15) is 28.7 Å². The molecule has 4 aromatic rings. The monoisotopic (exact) mass is 389 g/mol. The summed E-state index contributed by atoms with van der Waals surface area (Å²) in [7, 11) is 3.13. The lowest BCUT2D eigenvalue weighted by Gasteiger charge is -2.15. The first-order valence-electron chi connectivity index (χ1n) is 8.83. The lowest BCUT2D eigenvalue weighted by molar-refractivity contribution is 0.100. The van der Waals surface area contributed by atoms with Crippen LogP contribution in [-0.2, 0) is 0 Å². The fourth-order valence-corrected chi connectivity index (χ4v) is 3.11. The largest absolute Gasteiger partial charge is 0.497 e. The van der Waals surface area contributed by atoms with E-state index in [0.717, 1.165) is 5.56 Å². The number of amides is 1. The molecule has 146 valence electrons. The number of nitrogens with zero attached hydrogens (tertiary/aromatic N) is 3. The van der Waals surface area contributed by atoms with E-state index in [1.165, 1.54) is 0 Å². The SMILES string of the molecule is COc1cc(Nc2nc(-c3ccccc3)n3ccnc3c2C(N)=O)cc(OC)c1. The van der Waals surface area contributed by atoms with Gasteiger partial charge in [-0.25, -0.2) is 9.97 Å². The Kier molecular flexibility index (Phi) is 4.74. The molecule has 0 atom stereocenters. The summed E-state index contributed by atoms with van der Waals surface area (Å²) < 4.78 is 12.4. The Bertz CT molecular complexity index is 1170. The number of primary amides is 1. The number of nitrogens with one attached hydrogen (secondary N) is 1. The first-order chi connectivity index (χ1) is 14.1. The fourth-order valence-electron chi connectivity index (χ4n) is 3.11. The van der Waals surface area contributed by atoms with Crippen LogP contribution in [-0.4, -0.2) is 34.5 Å². The molecule has 2 aromatic carbocycles. The van der Waals surface area contributed by atoms with Crippen molar-refractivity contribution < 1.29 is 14.3 Å². The molecular weight excluding hydrogens is 370 g/mol. The van der Waals surface area contributed by atoms with E-state index in [2.05, 4.69) is 10.3 Å². The summed E-state index contributed by atoms with van der Waals surface area (Å²) in [4.78, 5) is 21.3. The van der Waals surface area contributed by atoms with Gasteiger partial charge in [0, 0.05) is 41.8 Å². The molecule has 8 nitrogen and oxygen atoms in total. The number of fused-ring (bicyclic) bond motifs is 1. The number of benzene rings is 2. The maximum atomic E-state index is 12.3. The van der Waals surface area contributed by atoms with E-state index in [-0.39, 0.29) is 5.56 Å². The number of hydrogen-bond acceptors (Lipinski definition) is 6. The van der Waals surface area contributed by atoms with E-state index in [0.29, 0.717) is 34.5 Å². The lowest BCUT2D eigenvalue weighted by atomic mass is 10.2. The first kappa shape index (κ1) is 18.3. The summed E-state index contributed by atoms with van der Waals surface area (Å²) in [5.74, 6) is 1.48. The molecule has 2 heterocycles.